The molecule has 0 aliphatic carbocycles. The molecule has 0 spiro atoms. The summed E-state index contributed by atoms with van der Waals surface area (Å²) in [6.45, 7) is 6.86. The molecule has 0 saturated heterocycles. The lowest BCUT2D eigenvalue weighted by Gasteiger charge is -2.15. The molecule has 0 saturated carbocycles. The van der Waals surface area contributed by atoms with Gasteiger partial charge in [0.05, 0.1) is 0 Å². The lowest BCUT2D eigenvalue weighted by molar-refractivity contribution is -0.117. The molecular weight excluding hydrogens is 228 g/mol. The standard InChI is InChI=1S/C13H24N4O/c1-4-11-7-12(17-16-11)15-13(18)6-10(8-14)5-9(2)3/h7,9-10H,4-6,8,14H2,1-3H3,(H2,15,16,17,18)/t10-/m0/s1. The van der Waals surface area contributed by atoms with Crippen LogP contribution in [-0.4, -0.2) is 22.6 Å². The highest BCUT2D eigenvalue weighted by molar-refractivity contribution is 5.89. The predicted molar refractivity (Wildman–Crippen MR) is 73.2 cm³/mol. The van der Waals surface area contributed by atoms with E-state index in [9.17, 15) is 4.79 Å². The van der Waals surface area contributed by atoms with Crippen molar-refractivity contribution >= 4 is 11.7 Å². The Balaban J connectivity index is 2.44. The summed E-state index contributed by atoms with van der Waals surface area (Å²) >= 11 is 0. The number of aryl methyl sites for hydroxylation is 1. The van der Waals surface area contributed by atoms with Crippen molar-refractivity contribution in [3.63, 3.8) is 0 Å². The Morgan fingerprint density at radius 1 is 1.56 bits per heavy atom. The number of amides is 1. The molecule has 0 aromatic carbocycles. The summed E-state index contributed by atoms with van der Waals surface area (Å²) in [6, 6.07) is 1.86. The summed E-state index contributed by atoms with van der Waals surface area (Å²) < 4.78 is 0. The Bertz CT molecular complexity index is 373. The molecule has 1 amide bonds. The van der Waals surface area contributed by atoms with Gasteiger partial charge < -0.3 is 11.1 Å². The quantitative estimate of drug-likeness (QED) is 0.693. The van der Waals surface area contributed by atoms with E-state index in [1.54, 1.807) is 0 Å². The minimum Gasteiger partial charge on any atom is -0.330 e. The molecule has 0 aliphatic heterocycles. The second-order valence-corrected chi connectivity index (χ2v) is 5.12. The van der Waals surface area contributed by atoms with Crippen molar-refractivity contribution < 1.29 is 4.79 Å². The number of hydrogen-bond donors (Lipinski definition) is 3. The van der Waals surface area contributed by atoms with Gasteiger partial charge in [-0.3, -0.25) is 9.89 Å². The van der Waals surface area contributed by atoms with Crippen LogP contribution in [0.25, 0.3) is 0 Å². The van der Waals surface area contributed by atoms with Crippen molar-refractivity contribution in [3.05, 3.63) is 11.8 Å². The first-order valence-corrected chi connectivity index (χ1v) is 6.59. The molecular formula is C13H24N4O. The van der Waals surface area contributed by atoms with E-state index in [1.807, 2.05) is 13.0 Å². The van der Waals surface area contributed by atoms with Gasteiger partial charge in [-0.1, -0.05) is 20.8 Å². The molecule has 0 radical (unpaired) electrons. The van der Waals surface area contributed by atoms with Crippen LogP contribution in [0.2, 0.25) is 0 Å². The predicted octanol–water partition coefficient (Wildman–Crippen LogP) is 1.92. The van der Waals surface area contributed by atoms with Gasteiger partial charge in [-0.15, -0.1) is 0 Å². The van der Waals surface area contributed by atoms with Crippen LogP contribution in [0.3, 0.4) is 0 Å². The van der Waals surface area contributed by atoms with E-state index in [4.69, 9.17) is 5.73 Å². The number of rotatable bonds is 7. The number of hydrogen-bond acceptors (Lipinski definition) is 3. The summed E-state index contributed by atoms with van der Waals surface area (Å²) in [6.07, 6.45) is 2.31. The smallest absolute Gasteiger partial charge is 0.225 e. The lowest BCUT2D eigenvalue weighted by Crippen LogP contribution is -2.23. The zero-order valence-electron chi connectivity index (χ0n) is 11.5. The first-order chi connectivity index (χ1) is 8.55. The van der Waals surface area contributed by atoms with E-state index in [0.717, 1.165) is 18.5 Å². The number of carbonyl (C=O) groups is 1. The highest BCUT2D eigenvalue weighted by Crippen LogP contribution is 2.15. The summed E-state index contributed by atoms with van der Waals surface area (Å²) in [5, 5.41) is 9.70. The average Bonchev–Trinajstić information content (AvgIpc) is 2.75. The van der Waals surface area contributed by atoms with Crippen LogP contribution < -0.4 is 11.1 Å². The first kappa shape index (κ1) is 14.7. The third-order valence-corrected chi connectivity index (χ3v) is 2.89. The van der Waals surface area contributed by atoms with Gasteiger partial charge in [0.25, 0.3) is 0 Å². The number of nitrogens with one attached hydrogen (secondary N) is 2. The van der Waals surface area contributed by atoms with E-state index in [2.05, 4.69) is 29.4 Å². The maximum Gasteiger partial charge on any atom is 0.225 e. The zero-order valence-corrected chi connectivity index (χ0v) is 11.5. The van der Waals surface area contributed by atoms with Gasteiger partial charge in [-0.2, -0.15) is 5.10 Å². The fraction of sp³-hybridized carbons (Fsp3) is 0.692. The highest BCUT2D eigenvalue weighted by atomic mass is 16.1. The molecule has 1 aromatic rings. The molecule has 1 rings (SSSR count). The van der Waals surface area contributed by atoms with Gasteiger partial charge in [-0.25, -0.2) is 0 Å². The fourth-order valence-corrected chi connectivity index (χ4v) is 1.99. The van der Waals surface area contributed by atoms with Crippen LogP contribution in [0.4, 0.5) is 5.82 Å². The van der Waals surface area contributed by atoms with Gasteiger partial charge in [0.15, 0.2) is 5.82 Å². The minimum absolute atomic E-state index is 0.0137. The number of aromatic amines is 1. The molecule has 18 heavy (non-hydrogen) atoms. The van der Waals surface area contributed by atoms with Crippen molar-refractivity contribution in [1.29, 1.82) is 0 Å². The minimum atomic E-state index is -0.0137. The SMILES string of the molecule is CCc1cc(NC(=O)C[C@@H](CN)CC(C)C)n[nH]1. The monoisotopic (exact) mass is 252 g/mol. The van der Waals surface area contributed by atoms with E-state index in [0.29, 0.717) is 24.7 Å². The summed E-state index contributed by atoms with van der Waals surface area (Å²) in [4.78, 5) is 11.8. The Kier molecular flexibility index (Phi) is 5.85. The third kappa shape index (κ3) is 4.87. The molecule has 5 nitrogen and oxygen atoms in total. The molecule has 0 fully saturated rings. The molecule has 0 unspecified atom stereocenters. The molecule has 4 N–H and O–H groups in total. The number of anilines is 1. The summed E-state index contributed by atoms with van der Waals surface area (Å²) in [5.41, 5.74) is 6.70. The van der Waals surface area contributed by atoms with Crippen LogP contribution in [0.15, 0.2) is 6.07 Å². The third-order valence-electron chi connectivity index (χ3n) is 2.89. The van der Waals surface area contributed by atoms with E-state index in [1.165, 1.54) is 0 Å². The van der Waals surface area contributed by atoms with E-state index >= 15 is 0 Å². The molecule has 0 bridgehead atoms. The van der Waals surface area contributed by atoms with Crippen LogP contribution in [-0.2, 0) is 11.2 Å². The molecule has 1 atom stereocenters. The molecule has 0 aliphatic rings. The number of nitrogens with two attached hydrogens (primary N) is 1. The molecule has 1 heterocycles. The van der Waals surface area contributed by atoms with Crippen LogP contribution in [0.5, 0.6) is 0 Å². The lowest BCUT2D eigenvalue weighted by atomic mass is 9.94. The van der Waals surface area contributed by atoms with Crippen LogP contribution in [0, 0.1) is 11.8 Å². The van der Waals surface area contributed by atoms with Gasteiger partial charge in [0.2, 0.25) is 5.91 Å². The Morgan fingerprint density at radius 3 is 2.78 bits per heavy atom. The zero-order chi connectivity index (χ0) is 13.5. The van der Waals surface area contributed by atoms with Crippen molar-refractivity contribution in [2.45, 2.75) is 40.0 Å². The fourth-order valence-electron chi connectivity index (χ4n) is 1.99. The molecule has 1 aromatic heterocycles. The van der Waals surface area contributed by atoms with Crippen molar-refractivity contribution in [2.75, 3.05) is 11.9 Å². The Hall–Kier alpha value is -1.36. The second-order valence-electron chi connectivity index (χ2n) is 5.12. The highest BCUT2D eigenvalue weighted by Gasteiger charge is 2.14. The van der Waals surface area contributed by atoms with Gasteiger partial charge in [0.1, 0.15) is 0 Å². The molecule has 5 heteroatoms. The summed E-state index contributed by atoms with van der Waals surface area (Å²) in [7, 11) is 0. The van der Waals surface area contributed by atoms with Gasteiger partial charge in [0, 0.05) is 18.2 Å². The molecule has 102 valence electrons. The number of aromatic nitrogens is 2. The average molecular weight is 252 g/mol. The summed E-state index contributed by atoms with van der Waals surface area (Å²) in [5.74, 6) is 1.38. The van der Waals surface area contributed by atoms with Crippen LogP contribution >= 0.6 is 0 Å². The largest absolute Gasteiger partial charge is 0.330 e. The normalized spacial score (nSPS) is 12.7. The van der Waals surface area contributed by atoms with Gasteiger partial charge in [-0.05, 0) is 31.2 Å². The van der Waals surface area contributed by atoms with Crippen molar-refractivity contribution in [1.82, 2.24) is 10.2 Å². The van der Waals surface area contributed by atoms with Crippen molar-refractivity contribution in [2.24, 2.45) is 17.6 Å². The number of nitrogens with zero attached hydrogens (tertiary/aromatic N) is 1. The maximum absolute atomic E-state index is 11.8. The number of H-pyrrole nitrogens is 1. The number of carbonyl (C=O) groups excluding carboxylic acids is 1. The maximum atomic E-state index is 11.8. The van der Waals surface area contributed by atoms with E-state index < -0.39 is 0 Å². The van der Waals surface area contributed by atoms with Gasteiger partial charge >= 0.3 is 0 Å². The van der Waals surface area contributed by atoms with Crippen molar-refractivity contribution in [3.8, 4) is 0 Å². The Labute approximate surface area is 109 Å². The topological polar surface area (TPSA) is 83.8 Å². The first-order valence-electron chi connectivity index (χ1n) is 6.59. The van der Waals surface area contributed by atoms with Crippen LogP contribution in [0.1, 0.15) is 39.3 Å². The van der Waals surface area contributed by atoms with E-state index in [-0.39, 0.29) is 11.8 Å². The Morgan fingerprint density at radius 2 is 2.28 bits per heavy atom. The second kappa shape index (κ2) is 7.16.